The number of aryl methyl sites for hydroxylation is 2. The maximum atomic E-state index is 4.53. The Hall–Kier alpha value is -2.25. The Morgan fingerprint density at radius 2 is 1.89 bits per heavy atom. The highest BCUT2D eigenvalue weighted by Gasteiger charge is 2.14. The molecule has 0 unspecified atom stereocenters. The van der Waals surface area contributed by atoms with Crippen molar-refractivity contribution in [1.82, 2.24) is 4.98 Å². The minimum Gasteiger partial charge on any atom is -0.363 e. The molecule has 0 radical (unpaired) electrons. The predicted molar refractivity (Wildman–Crippen MR) is 116 cm³/mol. The maximum Gasteiger partial charge on any atom is 0.189 e. The molecule has 0 N–H and O–H groups in total. The van der Waals surface area contributed by atoms with Crippen LogP contribution in [0, 0.1) is 13.8 Å². The van der Waals surface area contributed by atoms with Gasteiger partial charge in [0.25, 0.3) is 0 Å². The summed E-state index contributed by atoms with van der Waals surface area (Å²) in [5.74, 6) is 0. The summed E-state index contributed by atoms with van der Waals surface area (Å²) in [6, 6.07) is 8.49. The summed E-state index contributed by atoms with van der Waals surface area (Å²) in [6.45, 7) is 6.50. The van der Waals surface area contributed by atoms with Gasteiger partial charge < -0.3 is 9.80 Å². The van der Waals surface area contributed by atoms with E-state index in [1.54, 1.807) is 22.7 Å². The Morgan fingerprint density at radius 3 is 2.63 bits per heavy atom. The zero-order chi connectivity index (χ0) is 18.8. The van der Waals surface area contributed by atoms with Crippen LogP contribution in [0.3, 0.4) is 0 Å². The van der Waals surface area contributed by atoms with E-state index in [0.717, 1.165) is 45.7 Å². The van der Waals surface area contributed by atoms with Gasteiger partial charge in [0.1, 0.15) is 5.00 Å². The largest absolute Gasteiger partial charge is 0.363 e. The first-order valence-corrected chi connectivity index (χ1v) is 10.8. The summed E-state index contributed by atoms with van der Waals surface area (Å²) in [6.07, 6.45) is 4.41. The Morgan fingerprint density at radius 1 is 1.07 bits per heavy atom. The van der Waals surface area contributed by atoms with E-state index in [4.69, 9.17) is 0 Å². The quantitative estimate of drug-likeness (QED) is 0.455. The molecule has 1 fully saturated rings. The van der Waals surface area contributed by atoms with Crippen LogP contribution in [-0.4, -0.2) is 25.1 Å². The van der Waals surface area contributed by atoms with E-state index in [-0.39, 0.29) is 0 Å². The van der Waals surface area contributed by atoms with Gasteiger partial charge in [0.15, 0.2) is 5.13 Å². The lowest BCUT2D eigenvalue weighted by Gasteiger charge is -2.19. The number of azo groups is 1. The summed E-state index contributed by atoms with van der Waals surface area (Å²) in [5, 5.41) is 14.3. The second-order valence-electron chi connectivity index (χ2n) is 6.80. The summed E-state index contributed by atoms with van der Waals surface area (Å²) >= 11 is 3.35. The third-order valence-corrected chi connectivity index (χ3v) is 6.71. The van der Waals surface area contributed by atoms with Crippen LogP contribution in [0.4, 0.5) is 26.5 Å². The minimum absolute atomic E-state index is 0.917. The van der Waals surface area contributed by atoms with Crippen LogP contribution in [0.1, 0.15) is 24.0 Å². The summed E-state index contributed by atoms with van der Waals surface area (Å²) in [5.41, 5.74) is 4.34. The standard InChI is InChI=1S/C20H23N5S2/c1-14-13-17(24(3)20-21-8-11-26-20)15(2)12-16(14)22-23-18-6-7-19(27-18)25-9-4-5-10-25/h6-8,11-13H,4-5,9-10H2,1-3H3/b23-22+. The molecule has 3 heterocycles. The van der Waals surface area contributed by atoms with Gasteiger partial charge in [0, 0.05) is 37.4 Å². The van der Waals surface area contributed by atoms with Crippen molar-refractivity contribution in [2.45, 2.75) is 26.7 Å². The van der Waals surface area contributed by atoms with Gasteiger partial charge >= 0.3 is 0 Å². The summed E-state index contributed by atoms with van der Waals surface area (Å²) in [7, 11) is 2.05. The molecule has 5 nitrogen and oxygen atoms in total. The Kier molecular flexibility index (Phi) is 5.22. The minimum atomic E-state index is 0.917. The van der Waals surface area contributed by atoms with Crippen molar-refractivity contribution < 1.29 is 0 Å². The van der Waals surface area contributed by atoms with Gasteiger partial charge in [0.2, 0.25) is 0 Å². The zero-order valence-electron chi connectivity index (χ0n) is 15.8. The molecule has 0 saturated carbocycles. The molecule has 4 rings (SSSR count). The highest BCUT2D eigenvalue weighted by atomic mass is 32.1. The fraction of sp³-hybridized carbons (Fsp3) is 0.350. The molecule has 0 aliphatic carbocycles. The number of hydrogen-bond acceptors (Lipinski definition) is 7. The van der Waals surface area contributed by atoms with E-state index in [0.29, 0.717) is 0 Å². The number of nitrogens with zero attached hydrogens (tertiary/aromatic N) is 5. The maximum absolute atomic E-state index is 4.53. The molecular weight excluding hydrogens is 374 g/mol. The van der Waals surface area contributed by atoms with Crippen molar-refractivity contribution in [3.8, 4) is 0 Å². The van der Waals surface area contributed by atoms with Gasteiger partial charge in [-0.3, -0.25) is 0 Å². The molecule has 1 aliphatic heterocycles. The van der Waals surface area contributed by atoms with E-state index in [1.165, 1.54) is 17.8 Å². The molecule has 140 valence electrons. The van der Waals surface area contributed by atoms with Crippen molar-refractivity contribution in [1.29, 1.82) is 0 Å². The molecule has 0 bridgehead atoms. The molecule has 2 aromatic heterocycles. The van der Waals surface area contributed by atoms with Crippen LogP contribution >= 0.6 is 22.7 Å². The Bertz CT molecular complexity index is 939. The number of aromatic nitrogens is 1. The number of hydrogen-bond donors (Lipinski definition) is 0. The van der Waals surface area contributed by atoms with Crippen LogP contribution in [0.25, 0.3) is 0 Å². The van der Waals surface area contributed by atoms with Crippen LogP contribution in [-0.2, 0) is 0 Å². The van der Waals surface area contributed by atoms with E-state index < -0.39 is 0 Å². The van der Waals surface area contributed by atoms with E-state index in [9.17, 15) is 0 Å². The first-order valence-electron chi connectivity index (χ1n) is 9.13. The van der Waals surface area contributed by atoms with Crippen LogP contribution in [0.2, 0.25) is 0 Å². The van der Waals surface area contributed by atoms with Crippen LogP contribution < -0.4 is 9.80 Å². The molecular formula is C20H23N5S2. The highest BCUT2D eigenvalue weighted by molar-refractivity contribution is 7.19. The van der Waals surface area contributed by atoms with Gasteiger partial charge in [-0.15, -0.1) is 21.6 Å². The second kappa shape index (κ2) is 7.78. The molecule has 7 heteroatoms. The van der Waals surface area contributed by atoms with Gasteiger partial charge in [0.05, 0.1) is 10.7 Å². The van der Waals surface area contributed by atoms with Crippen molar-refractivity contribution in [3.05, 3.63) is 47.0 Å². The number of thiazole rings is 1. The van der Waals surface area contributed by atoms with Crippen molar-refractivity contribution in [3.63, 3.8) is 0 Å². The topological polar surface area (TPSA) is 44.1 Å². The fourth-order valence-corrected chi connectivity index (χ4v) is 4.82. The average molecular weight is 398 g/mol. The second-order valence-corrected chi connectivity index (χ2v) is 8.72. The highest BCUT2D eigenvalue weighted by Crippen LogP contribution is 2.37. The fourth-order valence-electron chi connectivity index (χ4n) is 3.32. The molecule has 0 atom stereocenters. The lowest BCUT2D eigenvalue weighted by molar-refractivity contribution is 0.949. The normalized spacial score (nSPS) is 14.4. The molecule has 0 spiro atoms. The summed E-state index contributed by atoms with van der Waals surface area (Å²) in [4.78, 5) is 8.95. The first kappa shape index (κ1) is 18.1. The SMILES string of the molecule is Cc1cc(N(C)c2nccs2)c(C)cc1/N=N/c1ccc(N2CCCC2)s1. The monoisotopic (exact) mass is 397 g/mol. The lowest BCUT2D eigenvalue weighted by atomic mass is 10.1. The van der Waals surface area contributed by atoms with E-state index in [1.807, 2.05) is 18.6 Å². The first-order chi connectivity index (χ1) is 13.1. The van der Waals surface area contributed by atoms with E-state index >= 15 is 0 Å². The smallest absolute Gasteiger partial charge is 0.189 e. The lowest BCUT2D eigenvalue weighted by Crippen LogP contribution is -2.15. The van der Waals surface area contributed by atoms with Gasteiger partial charge in [-0.1, -0.05) is 11.3 Å². The van der Waals surface area contributed by atoms with E-state index in [2.05, 4.69) is 63.1 Å². The number of thiophene rings is 1. The number of anilines is 3. The van der Waals surface area contributed by atoms with Crippen LogP contribution in [0.5, 0.6) is 0 Å². The molecule has 0 amide bonds. The van der Waals surface area contributed by atoms with Crippen molar-refractivity contribution in [2.75, 3.05) is 29.9 Å². The molecule has 3 aromatic rings. The van der Waals surface area contributed by atoms with Crippen LogP contribution in [0.15, 0.2) is 46.1 Å². The van der Waals surface area contributed by atoms with Gasteiger partial charge in [-0.25, -0.2) is 4.98 Å². The van der Waals surface area contributed by atoms with Crippen molar-refractivity contribution in [2.24, 2.45) is 10.2 Å². The third kappa shape index (κ3) is 3.89. The number of rotatable bonds is 5. The molecule has 1 aliphatic rings. The predicted octanol–water partition coefficient (Wildman–Crippen LogP) is 6.60. The average Bonchev–Trinajstić information content (AvgIpc) is 3.42. The zero-order valence-corrected chi connectivity index (χ0v) is 17.5. The molecule has 27 heavy (non-hydrogen) atoms. The number of benzene rings is 1. The molecule has 1 saturated heterocycles. The third-order valence-electron chi connectivity index (χ3n) is 4.83. The van der Waals surface area contributed by atoms with Crippen molar-refractivity contribution >= 4 is 49.2 Å². The van der Waals surface area contributed by atoms with Gasteiger partial charge in [-0.2, -0.15) is 0 Å². The summed E-state index contributed by atoms with van der Waals surface area (Å²) < 4.78 is 0. The Balaban J connectivity index is 1.54. The molecule has 1 aromatic carbocycles. The Labute approximate surface area is 168 Å². The van der Waals surface area contributed by atoms with Gasteiger partial charge in [-0.05, 0) is 62.1 Å².